The molecule has 0 saturated heterocycles. The number of thiophene rings is 1. The topological polar surface area (TPSA) is 24.9 Å². The molecule has 4 rings (SSSR count). The van der Waals surface area contributed by atoms with Crippen molar-refractivity contribution in [3.63, 3.8) is 0 Å². The third-order valence-electron chi connectivity index (χ3n) is 3.76. The second-order valence-corrected chi connectivity index (χ2v) is 6.30. The molecule has 0 bridgehead atoms. The molecule has 2 heterocycles. The van der Waals surface area contributed by atoms with Gasteiger partial charge < -0.3 is 5.32 Å². The fourth-order valence-corrected chi connectivity index (χ4v) is 3.44. The first-order valence-corrected chi connectivity index (χ1v) is 7.92. The molecule has 1 aliphatic carbocycles. The van der Waals surface area contributed by atoms with Gasteiger partial charge in [-0.05, 0) is 41.3 Å². The zero-order chi connectivity index (χ0) is 13.4. The van der Waals surface area contributed by atoms with E-state index >= 15 is 0 Å². The molecule has 0 aliphatic heterocycles. The number of rotatable bonds is 4. The highest BCUT2D eigenvalue weighted by Crippen LogP contribution is 2.32. The molecule has 3 aromatic rings. The fraction of sp³-hybridized carbons (Fsp3) is 0.235. The van der Waals surface area contributed by atoms with E-state index in [1.807, 2.05) is 12.4 Å². The van der Waals surface area contributed by atoms with Crippen molar-refractivity contribution in [3.05, 3.63) is 53.7 Å². The Morgan fingerprint density at radius 2 is 2.15 bits per heavy atom. The lowest BCUT2D eigenvalue weighted by Gasteiger charge is -2.07. The minimum absolute atomic E-state index is 0.736. The van der Waals surface area contributed by atoms with Gasteiger partial charge in [0.15, 0.2) is 0 Å². The Balaban J connectivity index is 1.70. The number of nitrogens with zero attached hydrogens (tertiary/aromatic N) is 1. The van der Waals surface area contributed by atoms with E-state index in [1.165, 1.54) is 39.6 Å². The molecule has 0 unspecified atom stereocenters. The summed E-state index contributed by atoms with van der Waals surface area (Å²) in [6, 6.07) is 11.7. The molecule has 0 spiro atoms. The number of nitrogens with one attached hydrogen (secondary N) is 1. The SMILES string of the molecule is c1cc(-c2cncc(CNC3CC3)c2)c2sccc2c1. The first-order valence-electron chi connectivity index (χ1n) is 7.04. The molecule has 1 saturated carbocycles. The zero-order valence-corrected chi connectivity index (χ0v) is 12.0. The second kappa shape index (κ2) is 5.00. The number of fused-ring (bicyclic) bond motifs is 1. The van der Waals surface area contributed by atoms with Gasteiger partial charge in [0.2, 0.25) is 0 Å². The summed E-state index contributed by atoms with van der Waals surface area (Å²) in [6.45, 7) is 0.923. The first-order chi connectivity index (χ1) is 9.90. The lowest BCUT2D eigenvalue weighted by molar-refractivity contribution is 0.686. The maximum absolute atomic E-state index is 4.42. The summed E-state index contributed by atoms with van der Waals surface area (Å²) in [4.78, 5) is 4.42. The summed E-state index contributed by atoms with van der Waals surface area (Å²) in [5.74, 6) is 0. The summed E-state index contributed by atoms with van der Waals surface area (Å²) in [7, 11) is 0. The van der Waals surface area contributed by atoms with E-state index in [-0.39, 0.29) is 0 Å². The van der Waals surface area contributed by atoms with Crippen molar-refractivity contribution in [2.45, 2.75) is 25.4 Å². The monoisotopic (exact) mass is 280 g/mol. The van der Waals surface area contributed by atoms with Crippen molar-refractivity contribution in [3.8, 4) is 11.1 Å². The van der Waals surface area contributed by atoms with Gasteiger partial charge in [-0.25, -0.2) is 0 Å². The van der Waals surface area contributed by atoms with Gasteiger partial charge in [0.05, 0.1) is 0 Å². The molecule has 100 valence electrons. The summed E-state index contributed by atoms with van der Waals surface area (Å²) in [5.41, 5.74) is 3.77. The largest absolute Gasteiger partial charge is 0.310 e. The van der Waals surface area contributed by atoms with Crippen LogP contribution in [0.3, 0.4) is 0 Å². The van der Waals surface area contributed by atoms with Crippen LogP contribution >= 0.6 is 11.3 Å². The van der Waals surface area contributed by atoms with Crippen LogP contribution < -0.4 is 5.32 Å². The summed E-state index contributed by atoms with van der Waals surface area (Å²) < 4.78 is 1.35. The van der Waals surface area contributed by atoms with Gasteiger partial charge in [-0.15, -0.1) is 11.3 Å². The zero-order valence-electron chi connectivity index (χ0n) is 11.2. The molecule has 1 N–H and O–H groups in total. The van der Waals surface area contributed by atoms with Crippen LogP contribution in [-0.2, 0) is 6.54 Å². The van der Waals surface area contributed by atoms with Crippen LogP contribution in [0.4, 0.5) is 0 Å². The first kappa shape index (κ1) is 12.1. The van der Waals surface area contributed by atoms with Crippen molar-refractivity contribution in [1.29, 1.82) is 0 Å². The smallest absolute Gasteiger partial charge is 0.0421 e. The Hall–Kier alpha value is -1.71. The Kier molecular flexibility index (Phi) is 3.02. The standard InChI is InChI=1S/C17H16N2S/c1-2-13-6-7-20-17(13)16(3-1)14-8-12(9-18-11-14)10-19-15-4-5-15/h1-3,6-9,11,15,19H,4-5,10H2. The molecule has 1 fully saturated rings. The lowest BCUT2D eigenvalue weighted by atomic mass is 10.0. The van der Waals surface area contributed by atoms with E-state index in [9.17, 15) is 0 Å². The highest BCUT2D eigenvalue weighted by Gasteiger charge is 2.20. The highest BCUT2D eigenvalue weighted by atomic mass is 32.1. The summed E-state index contributed by atoms with van der Waals surface area (Å²) in [5, 5.41) is 7.01. The molecule has 2 nitrogen and oxygen atoms in total. The maximum atomic E-state index is 4.42. The molecule has 1 aliphatic rings. The third kappa shape index (κ3) is 2.35. The highest BCUT2D eigenvalue weighted by molar-refractivity contribution is 7.17. The number of aromatic nitrogens is 1. The number of benzene rings is 1. The minimum Gasteiger partial charge on any atom is -0.310 e. The average Bonchev–Trinajstić information content (AvgIpc) is 3.20. The Labute approximate surface area is 122 Å². The van der Waals surface area contributed by atoms with E-state index in [1.54, 1.807) is 11.3 Å². The number of hydrogen-bond acceptors (Lipinski definition) is 3. The van der Waals surface area contributed by atoms with E-state index in [0.29, 0.717) is 0 Å². The number of pyridine rings is 1. The molecule has 0 amide bonds. The molecule has 3 heteroatoms. The number of hydrogen-bond donors (Lipinski definition) is 1. The van der Waals surface area contributed by atoms with Gasteiger partial charge in [-0.2, -0.15) is 0 Å². The Morgan fingerprint density at radius 1 is 1.20 bits per heavy atom. The quantitative estimate of drug-likeness (QED) is 0.774. The fourth-order valence-electron chi connectivity index (χ4n) is 2.50. The lowest BCUT2D eigenvalue weighted by Crippen LogP contribution is -2.15. The predicted octanol–water partition coefficient (Wildman–Crippen LogP) is 4.22. The Bertz CT molecular complexity index is 743. The van der Waals surface area contributed by atoms with E-state index in [2.05, 4.69) is 46.0 Å². The molecule has 0 atom stereocenters. The summed E-state index contributed by atoms with van der Waals surface area (Å²) in [6.07, 6.45) is 6.58. The normalized spacial score (nSPS) is 14.8. The van der Waals surface area contributed by atoms with Gasteiger partial charge in [0, 0.05) is 40.8 Å². The summed E-state index contributed by atoms with van der Waals surface area (Å²) >= 11 is 1.80. The third-order valence-corrected chi connectivity index (χ3v) is 4.72. The molecule has 1 aromatic carbocycles. The molecule has 0 radical (unpaired) electrons. The van der Waals surface area contributed by atoms with Crippen LogP contribution in [0.2, 0.25) is 0 Å². The van der Waals surface area contributed by atoms with Crippen molar-refractivity contribution < 1.29 is 0 Å². The molecule has 20 heavy (non-hydrogen) atoms. The second-order valence-electron chi connectivity index (χ2n) is 5.38. The van der Waals surface area contributed by atoms with Gasteiger partial charge in [0.25, 0.3) is 0 Å². The van der Waals surface area contributed by atoms with Crippen molar-refractivity contribution in [2.75, 3.05) is 0 Å². The molecule has 2 aromatic heterocycles. The molecular formula is C17H16N2S. The van der Waals surface area contributed by atoms with Crippen LogP contribution in [-0.4, -0.2) is 11.0 Å². The van der Waals surface area contributed by atoms with Crippen LogP contribution in [0.25, 0.3) is 21.2 Å². The predicted molar refractivity (Wildman–Crippen MR) is 84.9 cm³/mol. The van der Waals surface area contributed by atoms with Gasteiger partial charge in [0.1, 0.15) is 0 Å². The molecular weight excluding hydrogens is 264 g/mol. The maximum Gasteiger partial charge on any atom is 0.0421 e. The van der Waals surface area contributed by atoms with Gasteiger partial charge >= 0.3 is 0 Å². The van der Waals surface area contributed by atoms with Gasteiger partial charge in [-0.3, -0.25) is 4.98 Å². The van der Waals surface area contributed by atoms with Crippen molar-refractivity contribution in [1.82, 2.24) is 10.3 Å². The van der Waals surface area contributed by atoms with E-state index < -0.39 is 0 Å². The van der Waals surface area contributed by atoms with Crippen molar-refractivity contribution in [2.24, 2.45) is 0 Å². The van der Waals surface area contributed by atoms with Crippen LogP contribution in [0.15, 0.2) is 48.1 Å². The van der Waals surface area contributed by atoms with Gasteiger partial charge in [-0.1, -0.05) is 18.2 Å². The minimum atomic E-state index is 0.736. The van der Waals surface area contributed by atoms with Crippen LogP contribution in [0.5, 0.6) is 0 Å². The van der Waals surface area contributed by atoms with E-state index in [0.717, 1.165) is 12.6 Å². The average molecular weight is 280 g/mol. The van der Waals surface area contributed by atoms with E-state index in [4.69, 9.17) is 0 Å². The van der Waals surface area contributed by atoms with Crippen LogP contribution in [0.1, 0.15) is 18.4 Å². The van der Waals surface area contributed by atoms with Crippen molar-refractivity contribution >= 4 is 21.4 Å². The van der Waals surface area contributed by atoms with Crippen LogP contribution in [0, 0.1) is 0 Å². The Morgan fingerprint density at radius 3 is 3.05 bits per heavy atom.